The number of nitrogens with zero attached hydrogens (tertiary/aromatic N) is 1. The molecule has 1 aliphatic rings. The number of pyridine rings is 1. The molecule has 1 heterocycles. The van der Waals surface area contributed by atoms with Crippen molar-refractivity contribution in [1.29, 1.82) is 0 Å². The number of methoxy groups -OCH3 is 1. The van der Waals surface area contributed by atoms with E-state index in [2.05, 4.69) is 22.4 Å². The van der Waals surface area contributed by atoms with Crippen LogP contribution in [-0.2, 0) is 19.4 Å². The van der Waals surface area contributed by atoms with Crippen molar-refractivity contribution in [3.05, 3.63) is 58.2 Å². The van der Waals surface area contributed by atoms with E-state index in [1.807, 2.05) is 18.2 Å². The van der Waals surface area contributed by atoms with Crippen LogP contribution in [0, 0.1) is 0 Å². The molecule has 1 N–H and O–H groups in total. The number of nitrogens with one attached hydrogen (secondary N) is 1. The molecule has 4 heteroatoms. The fourth-order valence-electron chi connectivity index (χ4n) is 2.67. The quantitative estimate of drug-likeness (QED) is 0.939. The Labute approximate surface area is 123 Å². The highest BCUT2D eigenvalue weighted by molar-refractivity contribution is 6.30. The van der Waals surface area contributed by atoms with E-state index in [4.69, 9.17) is 16.3 Å². The molecule has 0 radical (unpaired) electrons. The van der Waals surface area contributed by atoms with E-state index >= 15 is 0 Å². The van der Waals surface area contributed by atoms with Gasteiger partial charge in [0.05, 0.1) is 7.11 Å². The van der Waals surface area contributed by atoms with Gasteiger partial charge in [-0.3, -0.25) is 0 Å². The van der Waals surface area contributed by atoms with Crippen molar-refractivity contribution in [2.75, 3.05) is 7.11 Å². The molecule has 0 bridgehead atoms. The van der Waals surface area contributed by atoms with Crippen LogP contribution >= 0.6 is 11.6 Å². The van der Waals surface area contributed by atoms with Gasteiger partial charge < -0.3 is 10.1 Å². The van der Waals surface area contributed by atoms with Crippen molar-refractivity contribution in [1.82, 2.24) is 10.3 Å². The number of aromatic nitrogens is 1. The Hall–Kier alpha value is -1.58. The van der Waals surface area contributed by atoms with E-state index in [0.717, 1.165) is 24.4 Å². The molecule has 0 saturated carbocycles. The van der Waals surface area contributed by atoms with Crippen LogP contribution in [0.3, 0.4) is 0 Å². The van der Waals surface area contributed by atoms with E-state index in [1.165, 1.54) is 16.7 Å². The minimum atomic E-state index is 0.475. The molecule has 1 atom stereocenters. The van der Waals surface area contributed by atoms with Crippen LogP contribution in [0.2, 0.25) is 5.02 Å². The Morgan fingerprint density at radius 1 is 1.25 bits per heavy atom. The molecular formula is C16H17ClN2O. The van der Waals surface area contributed by atoms with Gasteiger partial charge in [-0.2, -0.15) is 0 Å². The van der Waals surface area contributed by atoms with Crippen LogP contribution in [0.15, 0.2) is 36.5 Å². The lowest BCUT2D eigenvalue weighted by Crippen LogP contribution is -2.28. The van der Waals surface area contributed by atoms with Crippen LogP contribution < -0.4 is 10.1 Å². The molecule has 0 aliphatic heterocycles. The molecule has 1 unspecified atom stereocenters. The van der Waals surface area contributed by atoms with Gasteiger partial charge in [-0.15, -0.1) is 0 Å². The van der Waals surface area contributed by atoms with Gasteiger partial charge in [0.2, 0.25) is 5.88 Å². The molecule has 104 valence electrons. The highest BCUT2D eigenvalue weighted by Gasteiger charge is 2.20. The van der Waals surface area contributed by atoms with E-state index in [9.17, 15) is 0 Å². The number of rotatable bonds is 4. The average Bonchev–Trinajstić information content (AvgIpc) is 2.87. The highest BCUT2D eigenvalue weighted by Crippen LogP contribution is 2.25. The van der Waals surface area contributed by atoms with E-state index in [0.29, 0.717) is 11.9 Å². The van der Waals surface area contributed by atoms with Crippen LogP contribution in [-0.4, -0.2) is 18.1 Å². The van der Waals surface area contributed by atoms with E-state index in [-0.39, 0.29) is 0 Å². The number of ether oxygens (including phenoxy) is 1. The van der Waals surface area contributed by atoms with Gasteiger partial charge in [0, 0.05) is 29.9 Å². The molecule has 0 amide bonds. The number of hydrogen-bond acceptors (Lipinski definition) is 3. The van der Waals surface area contributed by atoms with Crippen LogP contribution in [0.4, 0.5) is 0 Å². The molecule has 0 saturated heterocycles. The summed E-state index contributed by atoms with van der Waals surface area (Å²) in [6.07, 6.45) is 3.88. The molecule has 1 aromatic carbocycles. The first-order valence-corrected chi connectivity index (χ1v) is 7.12. The number of benzene rings is 1. The highest BCUT2D eigenvalue weighted by atomic mass is 35.5. The first-order valence-electron chi connectivity index (χ1n) is 6.74. The first-order chi connectivity index (χ1) is 9.74. The standard InChI is InChI=1S/C16H17ClN2O/c1-20-16-6-11(4-5-18-16)10-19-15-8-12-2-3-14(17)7-13(12)9-15/h2-7,15,19H,8-10H2,1H3. The predicted molar refractivity (Wildman–Crippen MR) is 80.3 cm³/mol. The molecule has 1 aliphatic carbocycles. The van der Waals surface area contributed by atoms with Gasteiger partial charge in [0.15, 0.2) is 0 Å². The summed E-state index contributed by atoms with van der Waals surface area (Å²) in [4.78, 5) is 4.12. The Morgan fingerprint density at radius 2 is 2.10 bits per heavy atom. The maximum absolute atomic E-state index is 6.04. The van der Waals surface area contributed by atoms with Crippen LogP contribution in [0.5, 0.6) is 5.88 Å². The Kier molecular flexibility index (Phi) is 3.90. The molecule has 0 spiro atoms. The molecular weight excluding hydrogens is 272 g/mol. The van der Waals surface area contributed by atoms with Gasteiger partial charge in [0.1, 0.15) is 0 Å². The fraction of sp³-hybridized carbons (Fsp3) is 0.312. The SMILES string of the molecule is COc1cc(CNC2Cc3ccc(Cl)cc3C2)ccn1. The van der Waals surface area contributed by atoms with Gasteiger partial charge in [-0.1, -0.05) is 17.7 Å². The zero-order chi connectivity index (χ0) is 13.9. The predicted octanol–water partition coefficient (Wildman–Crippen LogP) is 3.00. The fourth-order valence-corrected chi connectivity index (χ4v) is 2.86. The summed E-state index contributed by atoms with van der Waals surface area (Å²) in [5.41, 5.74) is 3.95. The summed E-state index contributed by atoms with van der Waals surface area (Å²) in [5, 5.41) is 4.41. The van der Waals surface area contributed by atoms with Crippen molar-refractivity contribution in [3.8, 4) is 5.88 Å². The van der Waals surface area contributed by atoms with Gasteiger partial charge in [0.25, 0.3) is 0 Å². The van der Waals surface area contributed by atoms with Gasteiger partial charge in [-0.25, -0.2) is 4.98 Å². The zero-order valence-corrected chi connectivity index (χ0v) is 12.2. The number of hydrogen-bond donors (Lipinski definition) is 1. The largest absolute Gasteiger partial charge is 0.481 e. The summed E-state index contributed by atoms with van der Waals surface area (Å²) in [6.45, 7) is 0.825. The second-order valence-electron chi connectivity index (χ2n) is 5.11. The Balaban J connectivity index is 1.60. The first kappa shape index (κ1) is 13.4. The van der Waals surface area contributed by atoms with Crippen molar-refractivity contribution in [3.63, 3.8) is 0 Å². The summed E-state index contributed by atoms with van der Waals surface area (Å²) in [5.74, 6) is 0.658. The lowest BCUT2D eigenvalue weighted by Gasteiger charge is -2.12. The minimum Gasteiger partial charge on any atom is -0.481 e. The monoisotopic (exact) mass is 288 g/mol. The maximum atomic E-state index is 6.04. The smallest absolute Gasteiger partial charge is 0.213 e. The number of halogens is 1. The second-order valence-corrected chi connectivity index (χ2v) is 5.54. The van der Waals surface area contributed by atoms with Crippen molar-refractivity contribution in [2.24, 2.45) is 0 Å². The Morgan fingerprint density at radius 3 is 2.95 bits per heavy atom. The topological polar surface area (TPSA) is 34.1 Å². The molecule has 1 aromatic heterocycles. The lowest BCUT2D eigenvalue weighted by molar-refractivity contribution is 0.396. The molecule has 3 rings (SSSR count). The minimum absolute atomic E-state index is 0.475. The van der Waals surface area contributed by atoms with Crippen molar-refractivity contribution < 1.29 is 4.74 Å². The van der Waals surface area contributed by atoms with E-state index < -0.39 is 0 Å². The zero-order valence-electron chi connectivity index (χ0n) is 11.4. The summed E-state index contributed by atoms with van der Waals surface area (Å²) < 4.78 is 5.14. The molecule has 0 fully saturated rings. The van der Waals surface area contributed by atoms with Crippen LogP contribution in [0.1, 0.15) is 16.7 Å². The average molecular weight is 289 g/mol. The second kappa shape index (κ2) is 5.81. The third-order valence-corrected chi connectivity index (χ3v) is 3.94. The van der Waals surface area contributed by atoms with Crippen LogP contribution in [0.25, 0.3) is 0 Å². The summed E-state index contributed by atoms with van der Waals surface area (Å²) in [7, 11) is 1.64. The van der Waals surface area contributed by atoms with Gasteiger partial charge in [-0.05, 0) is 47.7 Å². The third kappa shape index (κ3) is 2.94. The molecule has 2 aromatic rings. The third-order valence-electron chi connectivity index (χ3n) is 3.70. The van der Waals surface area contributed by atoms with Crippen molar-refractivity contribution in [2.45, 2.75) is 25.4 Å². The normalized spacial score (nSPS) is 17.0. The summed E-state index contributed by atoms with van der Waals surface area (Å²) >= 11 is 6.04. The summed E-state index contributed by atoms with van der Waals surface area (Å²) in [6, 6.07) is 10.6. The maximum Gasteiger partial charge on any atom is 0.213 e. The number of fused-ring (bicyclic) bond motifs is 1. The lowest BCUT2D eigenvalue weighted by atomic mass is 10.1. The molecule has 3 nitrogen and oxygen atoms in total. The van der Waals surface area contributed by atoms with Gasteiger partial charge >= 0.3 is 0 Å². The molecule has 20 heavy (non-hydrogen) atoms. The van der Waals surface area contributed by atoms with E-state index in [1.54, 1.807) is 13.3 Å². The van der Waals surface area contributed by atoms with Crippen molar-refractivity contribution >= 4 is 11.6 Å². The Bertz CT molecular complexity index is 615.